The van der Waals surface area contributed by atoms with Gasteiger partial charge in [-0.05, 0) is 17.7 Å². The van der Waals surface area contributed by atoms with Crippen molar-refractivity contribution in [3.8, 4) is 11.8 Å². The highest BCUT2D eigenvalue weighted by Crippen LogP contribution is 2.24. The van der Waals surface area contributed by atoms with Crippen LogP contribution >= 0.6 is 11.6 Å². The summed E-state index contributed by atoms with van der Waals surface area (Å²) in [5, 5.41) is 7.51. The predicted molar refractivity (Wildman–Crippen MR) is 45.8 cm³/mol. The smallest absolute Gasteiger partial charge is 0.387 e. The molecular formula is C8H3ClF2N2O2. The minimum atomic E-state index is -3.16. The molecule has 0 spiro atoms. The van der Waals surface area contributed by atoms with Gasteiger partial charge in [0.2, 0.25) is 0 Å². The van der Waals surface area contributed by atoms with E-state index in [-0.39, 0.29) is 5.56 Å². The summed E-state index contributed by atoms with van der Waals surface area (Å²) in [6, 6.07) is 2.73. The van der Waals surface area contributed by atoms with Gasteiger partial charge in [0.25, 0.3) is 5.24 Å². The highest BCUT2D eigenvalue weighted by molar-refractivity contribution is 6.67. The van der Waals surface area contributed by atoms with Crippen LogP contribution in [-0.2, 0) is 0 Å². The van der Waals surface area contributed by atoms with Crippen LogP contribution in [0.4, 0.5) is 8.78 Å². The number of pyridine rings is 1. The number of hydrogen-bond acceptors (Lipinski definition) is 4. The zero-order chi connectivity index (χ0) is 11.4. The van der Waals surface area contributed by atoms with Crippen LogP contribution in [0.25, 0.3) is 0 Å². The molecule has 78 valence electrons. The first-order valence-electron chi connectivity index (χ1n) is 3.60. The van der Waals surface area contributed by atoms with Gasteiger partial charge in [-0.25, -0.2) is 4.98 Å². The summed E-state index contributed by atoms with van der Waals surface area (Å²) in [4.78, 5) is 14.2. The van der Waals surface area contributed by atoms with E-state index in [0.29, 0.717) is 0 Å². The minimum absolute atomic E-state index is 0.227. The molecule has 0 unspecified atom stereocenters. The molecule has 0 aliphatic carbocycles. The molecule has 0 bridgehead atoms. The van der Waals surface area contributed by atoms with Gasteiger partial charge in [0, 0.05) is 6.20 Å². The van der Waals surface area contributed by atoms with E-state index < -0.39 is 23.3 Å². The maximum atomic E-state index is 12.0. The van der Waals surface area contributed by atoms with Crippen LogP contribution in [0.15, 0.2) is 12.3 Å². The van der Waals surface area contributed by atoms with Gasteiger partial charge < -0.3 is 4.74 Å². The van der Waals surface area contributed by atoms with E-state index in [4.69, 9.17) is 16.9 Å². The number of carbonyl (C=O) groups excluding carboxylic acids is 1. The third kappa shape index (κ3) is 2.60. The summed E-state index contributed by atoms with van der Waals surface area (Å²) in [5.74, 6) is -0.602. The number of carbonyl (C=O) groups is 1. The van der Waals surface area contributed by atoms with E-state index in [9.17, 15) is 13.6 Å². The maximum absolute atomic E-state index is 12.0. The summed E-state index contributed by atoms with van der Waals surface area (Å²) < 4.78 is 27.9. The van der Waals surface area contributed by atoms with Crippen molar-refractivity contribution in [3.05, 3.63) is 23.5 Å². The Hall–Kier alpha value is -1.74. The lowest BCUT2D eigenvalue weighted by molar-refractivity contribution is -0.0505. The van der Waals surface area contributed by atoms with Crippen LogP contribution in [0.2, 0.25) is 0 Å². The molecule has 0 aliphatic rings. The van der Waals surface area contributed by atoms with Crippen LogP contribution in [0, 0.1) is 11.3 Å². The fourth-order valence-electron chi connectivity index (χ4n) is 0.885. The summed E-state index contributed by atoms with van der Waals surface area (Å²) in [6.45, 7) is -3.16. The molecule has 0 saturated carbocycles. The van der Waals surface area contributed by atoms with Crippen LogP contribution in [0.1, 0.15) is 16.1 Å². The first-order valence-corrected chi connectivity index (χ1v) is 3.97. The Morgan fingerprint density at radius 3 is 2.80 bits per heavy atom. The van der Waals surface area contributed by atoms with Gasteiger partial charge in [-0.2, -0.15) is 14.0 Å². The van der Waals surface area contributed by atoms with Crippen LogP contribution in [0.3, 0.4) is 0 Å². The molecule has 0 saturated heterocycles. The standard InChI is InChI=1S/C8H3ClF2N2O2/c9-7(14)5-6(15-8(10)11)4(3-12)1-2-13-5/h1-2,8H. The Kier molecular flexibility index (Phi) is 3.52. The molecule has 0 aromatic carbocycles. The molecule has 4 nitrogen and oxygen atoms in total. The van der Waals surface area contributed by atoms with Gasteiger partial charge in [-0.3, -0.25) is 4.79 Å². The van der Waals surface area contributed by atoms with Crippen LogP contribution < -0.4 is 4.74 Å². The normalized spacial score (nSPS) is 9.80. The highest BCUT2D eigenvalue weighted by atomic mass is 35.5. The van der Waals surface area contributed by atoms with Crippen LogP contribution in [0.5, 0.6) is 5.75 Å². The largest absolute Gasteiger partial charge is 0.431 e. The van der Waals surface area contributed by atoms with E-state index in [0.717, 1.165) is 12.3 Å². The lowest BCUT2D eigenvalue weighted by atomic mass is 10.2. The number of ether oxygens (including phenoxy) is 1. The molecule has 1 aromatic heterocycles. The third-order valence-electron chi connectivity index (χ3n) is 1.42. The Labute approximate surface area is 88.0 Å². The average Bonchev–Trinajstić information content (AvgIpc) is 2.16. The second-order valence-corrected chi connectivity index (χ2v) is 2.64. The first-order chi connectivity index (χ1) is 7.06. The van der Waals surface area contributed by atoms with Crippen LogP contribution in [-0.4, -0.2) is 16.8 Å². The van der Waals surface area contributed by atoms with Crippen molar-refractivity contribution in [2.45, 2.75) is 6.61 Å². The number of hydrogen-bond donors (Lipinski definition) is 0. The van der Waals surface area contributed by atoms with Crippen molar-refractivity contribution in [1.82, 2.24) is 4.98 Å². The van der Waals surface area contributed by atoms with Crippen molar-refractivity contribution >= 4 is 16.8 Å². The summed E-state index contributed by atoms with van der Waals surface area (Å²) in [7, 11) is 0. The first kappa shape index (κ1) is 11.3. The van der Waals surface area contributed by atoms with Gasteiger partial charge in [0.15, 0.2) is 11.4 Å². The Morgan fingerprint density at radius 2 is 2.33 bits per heavy atom. The van der Waals surface area contributed by atoms with Crippen molar-refractivity contribution in [1.29, 1.82) is 5.26 Å². The van der Waals surface area contributed by atoms with E-state index >= 15 is 0 Å². The molecular weight excluding hydrogens is 230 g/mol. The second kappa shape index (κ2) is 4.66. The number of halogens is 3. The molecule has 0 amide bonds. The molecule has 0 fully saturated rings. The summed E-state index contributed by atoms with van der Waals surface area (Å²) in [5.41, 5.74) is -0.731. The lowest BCUT2D eigenvalue weighted by Gasteiger charge is -2.07. The molecule has 0 aliphatic heterocycles. The van der Waals surface area contributed by atoms with E-state index in [1.165, 1.54) is 0 Å². The summed E-state index contributed by atoms with van der Waals surface area (Å²) >= 11 is 5.09. The Morgan fingerprint density at radius 1 is 1.67 bits per heavy atom. The molecule has 0 N–H and O–H groups in total. The fourth-order valence-corrected chi connectivity index (χ4v) is 1.02. The SMILES string of the molecule is N#Cc1ccnc(C(=O)Cl)c1OC(F)F. The van der Waals surface area contributed by atoms with Crippen molar-refractivity contribution < 1.29 is 18.3 Å². The van der Waals surface area contributed by atoms with E-state index in [2.05, 4.69) is 9.72 Å². The molecule has 1 rings (SSSR count). The minimum Gasteiger partial charge on any atom is -0.431 e. The average molecular weight is 233 g/mol. The van der Waals surface area contributed by atoms with Crippen molar-refractivity contribution in [3.63, 3.8) is 0 Å². The predicted octanol–water partition coefficient (Wildman–Crippen LogP) is 1.93. The topological polar surface area (TPSA) is 63.0 Å². The molecule has 1 aromatic rings. The van der Waals surface area contributed by atoms with Gasteiger partial charge in [0.1, 0.15) is 6.07 Å². The van der Waals surface area contributed by atoms with E-state index in [1.807, 2.05) is 0 Å². The van der Waals surface area contributed by atoms with Gasteiger partial charge >= 0.3 is 6.61 Å². The number of rotatable bonds is 3. The maximum Gasteiger partial charge on any atom is 0.387 e. The number of alkyl halides is 2. The lowest BCUT2D eigenvalue weighted by Crippen LogP contribution is -2.09. The molecule has 1 heterocycles. The zero-order valence-corrected chi connectivity index (χ0v) is 7.83. The second-order valence-electron chi connectivity index (χ2n) is 2.30. The Bertz CT molecular complexity index is 431. The number of nitrogens with zero attached hydrogens (tertiary/aromatic N) is 2. The Balaban J connectivity index is 3.28. The monoisotopic (exact) mass is 232 g/mol. The third-order valence-corrected chi connectivity index (χ3v) is 1.60. The fraction of sp³-hybridized carbons (Fsp3) is 0.125. The quantitative estimate of drug-likeness (QED) is 0.747. The molecule has 15 heavy (non-hydrogen) atoms. The summed E-state index contributed by atoms with van der Waals surface area (Å²) in [6.07, 6.45) is 1.10. The van der Waals surface area contributed by atoms with Crippen molar-refractivity contribution in [2.24, 2.45) is 0 Å². The highest BCUT2D eigenvalue weighted by Gasteiger charge is 2.19. The molecule has 0 radical (unpaired) electrons. The number of aromatic nitrogens is 1. The van der Waals surface area contributed by atoms with Gasteiger partial charge in [0.05, 0.1) is 5.56 Å². The van der Waals surface area contributed by atoms with Crippen molar-refractivity contribution in [2.75, 3.05) is 0 Å². The van der Waals surface area contributed by atoms with Gasteiger partial charge in [-0.15, -0.1) is 0 Å². The molecule has 7 heteroatoms. The zero-order valence-electron chi connectivity index (χ0n) is 7.08. The van der Waals surface area contributed by atoms with Gasteiger partial charge in [-0.1, -0.05) is 0 Å². The molecule has 0 atom stereocenters. The number of nitriles is 1. The van der Waals surface area contributed by atoms with E-state index in [1.54, 1.807) is 6.07 Å².